The first-order chi connectivity index (χ1) is 7.17. The molecule has 84 valence electrons. The summed E-state index contributed by atoms with van der Waals surface area (Å²) in [4.78, 5) is 0. The molecule has 1 atom stereocenters. The van der Waals surface area contributed by atoms with Gasteiger partial charge in [-0.3, -0.25) is 0 Å². The Morgan fingerprint density at radius 2 is 2.20 bits per heavy atom. The molecule has 0 aromatic heterocycles. The van der Waals surface area contributed by atoms with Gasteiger partial charge in [-0.15, -0.1) is 0 Å². The zero-order chi connectivity index (χ0) is 11.3. The molecular weight excluding hydrogens is 212 g/mol. The van der Waals surface area contributed by atoms with Crippen molar-refractivity contribution in [3.63, 3.8) is 0 Å². The Morgan fingerprint density at radius 3 is 2.80 bits per heavy atom. The molecule has 0 amide bonds. The van der Waals surface area contributed by atoms with Crippen molar-refractivity contribution in [2.75, 3.05) is 6.61 Å². The molecule has 1 N–H and O–H groups in total. The van der Waals surface area contributed by atoms with E-state index in [0.29, 0.717) is 17.5 Å². The van der Waals surface area contributed by atoms with Crippen molar-refractivity contribution >= 4 is 11.6 Å². The van der Waals surface area contributed by atoms with Gasteiger partial charge in [-0.1, -0.05) is 31.9 Å². The van der Waals surface area contributed by atoms with E-state index in [-0.39, 0.29) is 6.61 Å². The average molecular weight is 229 g/mol. The molecule has 1 aromatic carbocycles. The molecule has 0 radical (unpaired) electrons. The van der Waals surface area contributed by atoms with E-state index in [1.54, 1.807) is 18.2 Å². The maximum atomic E-state index is 9.13. The molecule has 1 aromatic rings. The van der Waals surface area contributed by atoms with Crippen molar-refractivity contribution in [3.05, 3.63) is 28.8 Å². The Kier molecular flexibility index (Phi) is 4.92. The first kappa shape index (κ1) is 12.3. The third-order valence-electron chi connectivity index (χ3n) is 2.41. The van der Waals surface area contributed by atoms with E-state index in [9.17, 15) is 0 Å². The van der Waals surface area contributed by atoms with Crippen molar-refractivity contribution in [1.82, 2.24) is 0 Å². The van der Waals surface area contributed by atoms with Gasteiger partial charge in [0.15, 0.2) is 0 Å². The maximum absolute atomic E-state index is 9.13. The van der Waals surface area contributed by atoms with Crippen LogP contribution in [-0.4, -0.2) is 11.7 Å². The minimum absolute atomic E-state index is 0.0452. The minimum Gasteiger partial charge on any atom is -0.493 e. The Bertz CT molecular complexity index is 312. The van der Waals surface area contributed by atoms with E-state index >= 15 is 0 Å². The maximum Gasteiger partial charge on any atom is 0.124 e. The number of halogens is 1. The summed E-state index contributed by atoms with van der Waals surface area (Å²) in [6, 6.07) is 5.30. The first-order valence-corrected chi connectivity index (χ1v) is 5.57. The van der Waals surface area contributed by atoms with Gasteiger partial charge < -0.3 is 9.84 Å². The second-order valence-corrected chi connectivity index (χ2v) is 4.17. The lowest BCUT2D eigenvalue weighted by Gasteiger charge is -2.13. The van der Waals surface area contributed by atoms with Crippen LogP contribution in [0.15, 0.2) is 18.2 Å². The van der Waals surface area contributed by atoms with E-state index in [4.69, 9.17) is 21.4 Å². The summed E-state index contributed by atoms with van der Waals surface area (Å²) in [6.45, 7) is 4.89. The molecule has 0 saturated carbocycles. The predicted molar refractivity (Wildman–Crippen MR) is 62.3 cm³/mol. The molecule has 0 aliphatic rings. The lowest BCUT2D eigenvalue weighted by atomic mass is 10.1. The fraction of sp³-hybridized carbons (Fsp3) is 0.500. The van der Waals surface area contributed by atoms with Gasteiger partial charge in [0.25, 0.3) is 0 Å². The fourth-order valence-corrected chi connectivity index (χ4v) is 1.36. The monoisotopic (exact) mass is 228 g/mol. The number of benzene rings is 1. The third kappa shape index (κ3) is 3.73. The normalized spacial score (nSPS) is 12.5. The van der Waals surface area contributed by atoms with E-state index in [0.717, 1.165) is 17.7 Å². The molecule has 0 bridgehead atoms. The lowest BCUT2D eigenvalue weighted by molar-refractivity contribution is 0.237. The summed E-state index contributed by atoms with van der Waals surface area (Å²) < 4.78 is 5.62. The molecular formula is C12H17ClO2. The minimum atomic E-state index is -0.0452. The summed E-state index contributed by atoms with van der Waals surface area (Å²) in [5, 5.41) is 9.75. The van der Waals surface area contributed by atoms with Crippen LogP contribution >= 0.6 is 11.6 Å². The second kappa shape index (κ2) is 5.99. The number of aliphatic hydroxyl groups is 1. The highest BCUT2D eigenvalue weighted by Crippen LogP contribution is 2.23. The summed E-state index contributed by atoms with van der Waals surface area (Å²) in [5.41, 5.74) is 0.741. The molecule has 3 heteroatoms. The lowest BCUT2D eigenvalue weighted by Crippen LogP contribution is -2.08. The highest BCUT2D eigenvalue weighted by molar-refractivity contribution is 6.30. The van der Waals surface area contributed by atoms with Gasteiger partial charge >= 0.3 is 0 Å². The van der Waals surface area contributed by atoms with Crippen LogP contribution < -0.4 is 4.74 Å². The zero-order valence-electron chi connectivity index (χ0n) is 9.16. The summed E-state index contributed by atoms with van der Waals surface area (Å²) >= 11 is 5.82. The van der Waals surface area contributed by atoms with Crippen LogP contribution in [-0.2, 0) is 6.61 Å². The van der Waals surface area contributed by atoms with E-state index in [1.165, 1.54) is 0 Å². The van der Waals surface area contributed by atoms with Crippen LogP contribution in [0.25, 0.3) is 0 Å². The molecule has 2 nitrogen and oxygen atoms in total. The fourth-order valence-electron chi connectivity index (χ4n) is 1.16. The predicted octanol–water partition coefficient (Wildman–Crippen LogP) is 3.26. The molecule has 0 saturated heterocycles. The van der Waals surface area contributed by atoms with Crippen molar-refractivity contribution < 1.29 is 9.84 Å². The quantitative estimate of drug-likeness (QED) is 0.838. The number of aliphatic hydroxyl groups excluding tert-OH is 1. The van der Waals surface area contributed by atoms with Crippen molar-refractivity contribution in [2.45, 2.75) is 26.9 Å². The van der Waals surface area contributed by atoms with Crippen LogP contribution in [0.3, 0.4) is 0 Å². The van der Waals surface area contributed by atoms with Gasteiger partial charge in [-0.2, -0.15) is 0 Å². The highest BCUT2D eigenvalue weighted by Gasteiger charge is 2.05. The van der Waals surface area contributed by atoms with Gasteiger partial charge in [0, 0.05) is 10.6 Å². The highest BCUT2D eigenvalue weighted by atomic mass is 35.5. The smallest absolute Gasteiger partial charge is 0.124 e. The molecule has 0 spiro atoms. The topological polar surface area (TPSA) is 29.5 Å². The van der Waals surface area contributed by atoms with Crippen molar-refractivity contribution in [3.8, 4) is 5.75 Å². The Hall–Kier alpha value is -0.730. The molecule has 0 aliphatic heterocycles. The van der Waals surface area contributed by atoms with Gasteiger partial charge in [0.1, 0.15) is 5.75 Å². The van der Waals surface area contributed by atoms with E-state index in [1.807, 2.05) is 0 Å². The molecule has 15 heavy (non-hydrogen) atoms. The zero-order valence-corrected chi connectivity index (χ0v) is 9.92. The molecule has 0 heterocycles. The van der Waals surface area contributed by atoms with Gasteiger partial charge in [-0.05, 0) is 24.1 Å². The van der Waals surface area contributed by atoms with Gasteiger partial charge in [0.05, 0.1) is 13.2 Å². The molecule has 0 aliphatic carbocycles. The number of rotatable bonds is 5. The van der Waals surface area contributed by atoms with Crippen LogP contribution in [0.1, 0.15) is 25.8 Å². The largest absolute Gasteiger partial charge is 0.493 e. The van der Waals surface area contributed by atoms with Crippen LogP contribution in [0.5, 0.6) is 5.75 Å². The summed E-state index contributed by atoms with van der Waals surface area (Å²) in [6.07, 6.45) is 1.09. The van der Waals surface area contributed by atoms with E-state index in [2.05, 4.69) is 13.8 Å². The Morgan fingerprint density at radius 1 is 1.47 bits per heavy atom. The number of hydrogen-bond donors (Lipinski definition) is 1. The molecule has 1 rings (SSSR count). The standard InChI is InChI=1S/C12H17ClO2/c1-3-9(2)8-15-12-5-4-11(13)6-10(12)7-14/h4-6,9,14H,3,7-8H2,1-2H3. The van der Waals surface area contributed by atoms with Crippen LogP contribution in [0.4, 0.5) is 0 Å². The number of ether oxygens (including phenoxy) is 1. The average Bonchev–Trinajstić information content (AvgIpc) is 2.26. The molecule has 0 fully saturated rings. The second-order valence-electron chi connectivity index (χ2n) is 3.73. The van der Waals surface area contributed by atoms with Crippen LogP contribution in [0, 0.1) is 5.92 Å². The Balaban J connectivity index is 2.67. The number of hydrogen-bond acceptors (Lipinski definition) is 2. The van der Waals surface area contributed by atoms with Crippen LogP contribution in [0.2, 0.25) is 5.02 Å². The summed E-state index contributed by atoms with van der Waals surface area (Å²) in [5.74, 6) is 1.24. The van der Waals surface area contributed by atoms with Gasteiger partial charge in [0.2, 0.25) is 0 Å². The SMILES string of the molecule is CCC(C)COc1ccc(Cl)cc1CO. The van der Waals surface area contributed by atoms with E-state index < -0.39 is 0 Å². The van der Waals surface area contributed by atoms with Gasteiger partial charge in [-0.25, -0.2) is 0 Å². The molecule has 1 unspecified atom stereocenters. The van der Waals surface area contributed by atoms with Crippen molar-refractivity contribution in [1.29, 1.82) is 0 Å². The summed E-state index contributed by atoms with van der Waals surface area (Å²) in [7, 11) is 0. The first-order valence-electron chi connectivity index (χ1n) is 5.19. The Labute approximate surface area is 95.8 Å². The van der Waals surface area contributed by atoms with Crippen molar-refractivity contribution in [2.24, 2.45) is 5.92 Å². The third-order valence-corrected chi connectivity index (χ3v) is 2.65.